The van der Waals surface area contributed by atoms with Gasteiger partial charge in [-0.15, -0.1) is 0 Å². The highest BCUT2D eigenvalue weighted by molar-refractivity contribution is 6.36. The third kappa shape index (κ3) is 4.00. The molecule has 8 heteroatoms. The minimum Gasteiger partial charge on any atom is -0.494 e. The van der Waals surface area contributed by atoms with Crippen molar-refractivity contribution in [1.82, 2.24) is 9.80 Å². The smallest absolute Gasteiger partial charge is 0.409 e. The van der Waals surface area contributed by atoms with Crippen molar-refractivity contribution in [3.63, 3.8) is 0 Å². The van der Waals surface area contributed by atoms with E-state index in [1.165, 1.54) is 19.2 Å². The maximum Gasteiger partial charge on any atom is 0.409 e. The van der Waals surface area contributed by atoms with E-state index in [2.05, 4.69) is 0 Å². The number of rotatable bonds is 3. The molecule has 1 aliphatic heterocycles. The Morgan fingerprint density at radius 3 is 2.30 bits per heavy atom. The Hall–Kier alpha value is -1.66. The van der Waals surface area contributed by atoms with Crippen LogP contribution in [0.4, 0.5) is 4.79 Å². The van der Waals surface area contributed by atoms with Crippen LogP contribution in [-0.4, -0.2) is 61.7 Å². The predicted octanol–water partition coefficient (Wildman–Crippen LogP) is 2.92. The van der Waals surface area contributed by atoms with E-state index in [1.54, 1.807) is 16.7 Å². The number of benzene rings is 1. The van der Waals surface area contributed by atoms with E-state index in [-0.39, 0.29) is 17.0 Å². The van der Waals surface area contributed by atoms with E-state index < -0.39 is 0 Å². The first-order chi connectivity index (χ1) is 11.0. The summed E-state index contributed by atoms with van der Waals surface area (Å²) >= 11 is 12.0. The fourth-order valence-electron chi connectivity index (χ4n) is 2.40. The van der Waals surface area contributed by atoms with Gasteiger partial charge in [-0.05, 0) is 19.1 Å². The lowest BCUT2D eigenvalue weighted by molar-refractivity contribution is 0.0568. The lowest BCUT2D eigenvalue weighted by atomic mass is 10.1. The van der Waals surface area contributed by atoms with Crippen molar-refractivity contribution >= 4 is 35.2 Å². The molecule has 0 unspecified atom stereocenters. The monoisotopic (exact) mass is 360 g/mol. The number of ether oxygens (including phenoxy) is 2. The molecule has 0 radical (unpaired) electrons. The molecule has 0 bridgehead atoms. The summed E-state index contributed by atoms with van der Waals surface area (Å²) < 4.78 is 10.2. The van der Waals surface area contributed by atoms with Gasteiger partial charge in [-0.25, -0.2) is 4.79 Å². The van der Waals surface area contributed by atoms with E-state index in [9.17, 15) is 9.59 Å². The SMILES string of the molecule is CCOC(=O)N1CCN(C(=O)c2cc(Cl)cc(Cl)c2OC)CC1. The van der Waals surface area contributed by atoms with Gasteiger partial charge in [-0.2, -0.15) is 0 Å². The maximum atomic E-state index is 12.7. The Bertz CT molecular complexity index is 601. The van der Waals surface area contributed by atoms with Crippen molar-refractivity contribution in [3.05, 3.63) is 27.7 Å². The van der Waals surface area contributed by atoms with Crippen molar-refractivity contribution in [1.29, 1.82) is 0 Å². The Balaban J connectivity index is 2.10. The van der Waals surface area contributed by atoms with Crippen LogP contribution in [0.25, 0.3) is 0 Å². The van der Waals surface area contributed by atoms with Gasteiger partial charge in [-0.1, -0.05) is 23.2 Å². The van der Waals surface area contributed by atoms with Gasteiger partial charge in [0.2, 0.25) is 0 Å². The zero-order chi connectivity index (χ0) is 17.0. The lowest BCUT2D eigenvalue weighted by Crippen LogP contribution is -2.50. The largest absolute Gasteiger partial charge is 0.494 e. The first-order valence-electron chi connectivity index (χ1n) is 7.22. The van der Waals surface area contributed by atoms with Crippen LogP contribution in [0.5, 0.6) is 5.75 Å². The summed E-state index contributed by atoms with van der Waals surface area (Å²) in [7, 11) is 1.45. The van der Waals surface area contributed by atoms with Gasteiger partial charge in [0.1, 0.15) is 5.75 Å². The molecular formula is C15H18Cl2N2O4. The number of hydrogen-bond donors (Lipinski definition) is 0. The topological polar surface area (TPSA) is 59.1 Å². The molecule has 1 heterocycles. The second kappa shape index (κ2) is 7.75. The number of carbonyl (C=O) groups is 2. The first-order valence-corrected chi connectivity index (χ1v) is 7.97. The van der Waals surface area contributed by atoms with Crippen molar-refractivity contribution < 1.29 is 19.1 Å². The highest BCUT2D eigenvalue weighted by atomic mass is 35.5. The average Bonchev–Trinajstić information content (AvgIpc) is 2.54. The van der Waals surface area contributed by atoms with Crippen LogP contribution in [-0.2, 0) is 4.74 Å². The van der Waals surface area contributed by atoms with E-state index in [0.29, 0.717) is 49.1 Å². The van der Waals surface area contributed by atoms with Crippen LogP contribution in [0.3, 0.4) is 0 Å². The van der Waals surface area contributed by atoms with Gasteiger partial charge >= 0.3 is 6.09 Å². The molecule has 126 valence electrons. The van der Waals surface area contributed by atoms with Gasteiger partial charge in [-0.3, -0.25) is 4.79 Å². The van der Waals surface area contributed by atoms with Gasteiger partial charge in [0.25, 0.3) is 5.91 Å². The van der Waals surface area contributed by atoms with E-state index >= 15 is 0 Å². The summed E-state index contributed by atoms with van der Waals surface area (Å²) in [4.78, 5) is 27.6. The Morgan fingerprint density at radius 1 is 1.13 bits per heavy atom. The number of piperazine rings is 1. The minimum atomic E-state index is -0.358. The molecule has 0 spiro atoms. The second-order valence-corrected chi connectivity index (χ2v) is 5.79. The molecule has 0 aromatic heterocycles. The van der Waals surface area contributed by atoms with Crippen LogP contribution < -0.4 is 4.74 Å². The standard InChI is InChI=1S/C15H18Cl2N2O4/c1-3-23-15(21)19-6-4-18(5-7-19)14(20)11-8-10(16)9-12(17)13(11)22-2/h8-9H,3-7H2,1-2H3. The van der Waals surface area contributed by atoms with Gasteiger partial charge < -0.3 is 19.3 Å². The summed E-state index contributed by atoms with van der Waals surface area (Å²) in [6.45, 7) is 3.74. The third-order valence-electron chi connectivity index (χ3n) is 3.54. The zero-order valence-corrected chi connectivity index (χ0v) is 14.5. The van der Waals surface area contributed by atoms with E-state index in [4.69, 9.17) is 32.7 Å². The molecule has 2 rings (SSSR count). The molecule has 0 N–H and O–H groups in total. The summed E-state index contributed by atoms with van der Waals surface area (Å²) in [5.74, 6) is 0.0728. The molecule has 1 aliphatic rings. The van der Waals surface area contributed by atoms with E-state index in [0.717, 1.165) is 0 Å². The molecule has 0 saturated carbocycles. The predicted molar refractivity (Wildman–Crippen MR) is 87.5 cm³/mol. The van der Waals surface area contributed by atoms with Crippen LogP contribution in [0, 0.1) is 0 Å². The number of carbonyl (C=O) groups excluding carboxylic acids is 2. The fraction of sp³-hybridized carbons (Fsp3) is 0.467. The van der Waals surface area contributed by atoms with Crippen LogP contribution in [0.2, 0.25) is 10.0 Å². The number of halogens is 2. The fourth-order valence-corrected chi connectivity index (χ4v) is 2.97. The molecule has 6 nitrogen and oxygen atoms in total. The van der Waals surface area contributed by atoms with Crippen LogP contribution in [0.1, 0.15) is 17.3 Å². The van der Waals surface area contributed by atoms with E-state index in [1.807, 2.05) is 0 Å². The van der Waals surface area contributed by atoms with Crippen molar-refractivity contribution in [3.8, 4) is 5.75 Å². The summed E-state index contributed by atoms with van der Waals surface area (Å²) in [5.41, 5.74) is 0.314. The molecule has 0 atom stereocenters. The highest BCUT2D eigenvalue weighted by Gasteiger charge is 2.27. The minimum absolute atomic E-state index is 0.227. The molecule has 1 saturated heterocycles. The molecule has 1 aromatic rings. The van der Waals surface area contributed by atoms with Gasteiger partial charge in [0.05, 0.1) is 24.3 Å². The molecule has 1 fully saturated rings. The third-order valence-corrected chi connectivity index (χ3v) is 4.03. The number of nitrogens with zero attached hydrogens (tertiary/aromatic N) is 2. The quantitative estimate of drug-likeness (QED) is 0.831. The van der Waals surface area contributed by atoms with Gasteiger partial charge in [0.15, 0.2) is 0 Å². The molecular weight excluding hydrogens is 343 g/mol. The second-order valence-electron chi connectivity index (χ2n) is 4.95. The zero-order valence-electron chi connectivity index (χ0n) is 13.0. The van der Waals surface area contributed by atoms with Crippen molar-refractivity contribution in [2.45, 2.75) is 6.92 Å². The summed E-state index contributed by atoms with van der Waals surface area (Å²) in [6, 6.07) is 3.06. The lowest BCUT2D eigenvalue weighted by Gasteiger charge is -2.34. The van der Waals surface area contributed by atoms with Crippen molar-refractivity contribution in [2.24, 2.45) is 0 Å². The number of methoxy groups -OCH3 is 1. The van der Waals surface area contributed by atoms with Crippen molar-refractivity contribution in [2.75, 3.05) is 39.9 Å². The first kappa shape index (κ1) is 17.7. The molecule has 23 heavy (non-hydrogen) atoms. The molecule has 2 amide bonds. The molecule has 1 aromatic carbocycles. The molecule has 0 aliphatic carbocycles. The summed E-state index contributed by atoms with van der Waals surface area (Å²) in [5, 5.41) is 0.651. The maximum absolute atomic E-state index is 12.7. The Kier molecular flexibility index (Phi) is 5.96. The van der Waals surface area contributed by atoms with Crippen LogP contribution in [0.15, 0.2) is 12.1 Å². The Morgan fingerprint density at radius 2 is 1.74 bits per heavy atom. The normalized spacial score (nSPS) is 14.6. The van der Waals surface area contributed by atoms with Crippen LogP contribution >= 0.6 is 23.2 Å². The Labute approximate surface area is 144 Å². The van der Waals surface area contributed by atoms with Gasteiger partial charge in [0, 0.05) is 31.2 Å². The highest BCUT2D eigenvalue weighted by Crippen LogP contribution is 2.33. The summed E-state index contributed by atoms with van der Waals surface area (Å²) in [6.07, 6.45) is -0.358. The number of amides is 2. The average molecular weight is 361 g/mol. The number of hydrogen-bond acceptors (Lipinski definition) is 4.